The number of hydroxylamine groups is 1. The van der Waals surface area contributed by atoms with E-state index in [0.717, 1.165) is 10.5 Å². The zero-order valence-corrected chi connectivity index (χ0v) is 19.6. The van der Waals surface area contributed by atoms with Crippen molar-refractivity contribution in [2.75, 3.05) is 20.3 Å². The number of imide groups is 1. The Morgan fingerprint density at radius 1 is 1.50 bits per heavy atom. The number of nitrogens with one attached hydrogen (secondary N) is 5. The summed E-state index contributed by atoms with van der Waals surface area (Å²) < 4.78 is 0.676. The van der Waals surface area contributed by atoms with Crippen LogP contribution in [0.15, 0.2) is 46.9 Å². The molecular formula is C20H25N9O4S. The average molecular weight is 488 g/mol. The topological polar surface area (TPSA) is 161 Å². The Morgan fingerprint density at radius 2 is 2.29 bits per heavy atom. The quantitative estimate of drug-likeness (QED) is 0.169. The van der Waals surface area contributed by atoms with Crippen molar-refractivity contribution in [2.45, 2.75) is 25.3 Å². The lowest BCUT2D eigenvalue weighted by Gasteiger charge is -2.29. The molecule has 0 aliphatic carbocycles. The number of allylic oxidation sites excluding steroid dienone is 1. The summed E-state index contributed by atoms with van der Waals surface area (Å²) in [7, 11) is 1.63. The second-order valence-electron chi connectivity index (χ2n) is 7.78. The van der Waals surface area contributed by atoms with E-state index in [1.54, 1.807) is 49.7 Å². The molecule has 4 rings (SSSR count). The van der Waals surface area contributed by atoms with Crippen molar-refractivity contribution in [1.29, 1.82) is 0 Å². The Kier molecular flexibility index (Phi) is 6.49. The Hall–Kier alpha value is -3.94. The first-order valence-electron chi connectivity index (χ1n) is 10.5. The molecule has 1 aromatic rings. The number of aromatic amines is 1. The van der Waals surface area contributed by atoms with Gasteiger partial charge < -0.3 is 31.4 Å². The van der Waals surface area contributed by atoms with Crippen LogP contribution in [0.5, 0.6) is 0 Å². The maximum Gasteiger partial charge on any atom is 0.280 e. The molecule has 0 bridgehead atoms. The first kappa shape index (κ1) is 23.2. The highest BCUT2D eigenvalue weighted by atomic mass is 32.2. The van der Waals surface area contributed by atoms with Crippen LogP contribution in [0, 0.1) is 5.21 Å². The first-order chi connectivity index (χ1) is 16.3. The van der Waals surface area contributed by atoms with Crippen LogP contribution in [0.25, 0.3) is 0 Å². The maximum atomic E-state index is 13.3. The predicted octanol–water partition coefficient (Wildman–Crippen LogP) is -0.847. The standard InChI is InChI=1S/C20H25N9O4S/c1-11-4-14(29(11)33)7-27(10-30)20(32)16-17(21-3)22-9-28(16)12(2)18(31)25-15-8-34-19(26-15)13-5-23-24-6-13/h4-6,8,10,12,19,21-22,26H,7,9H2,1-3H3,(H,23,24)(H,25,31)/t12-,19?/m0/s1. The van der Waals surface area contributed by atoms with Crippen molar-refractivity contribution < 1.29 is 19.1 Å². The van der Waals surface area contributed by atoms with Gasteiger partial charge in [0.25, 0.3) is 5.91 Å². The smallest absolute Gasteiger partial charge is 0.280 e. The molecule has 0 radical (unpaired) electrons. The largest absolute Gasteiger partial charge is 0.618 e. The number of thioether (sulfide) groups is 1. The number of hydrogen-bond donors (Lipinski definition) is 5. The molecule has 0 saturated carbocycles. The van der Waals surface area contributed by atoms with Gasteiger partial charge in [-0.2, -0.15) is 9.84 Å². The van der Waals surface area contributed by atoms with Gasteiger partial charge in [0.15, 0.2) is 5.71 Å². The van der Waals surface area contributed by atoms with E-state index in [2.05, 4.69) is 31.5 Å². The van der Waals surface area contributed by atoms with Crippen LogP contribution < -0.4 is 21.3 Å². The molecule has 13 nitrogen and oxygen atoms in total. The van der Waals surface area contributed by atoms with Gasteiger partial charge in [-0.25, -0.2) is 0 Å². The van der Waals surface area contributed by atoms with Crippen LogP contribution >= 0.6 is 11.8 Å². The third-order valence-corrected chi connectivity index (χ3v) is 6.65. The third kappa shape index (κ3) is 4.31. The van der Waals surface area contributed by atoms with Crippen molar-refractivity contribution in [2.24, 2.45) is 0 Å². The van der Waals surface area contributed by atoms with E-state index < -0.39 is 11.9 Å². The molecule has 180 valence electrons. The minimum Gasteiger partial charge on any atom is -0.618 e. The molecule has 3 aliphatic rings. The molecule has 0 aromatic carbocycles. The number of aromatic nitrogens is 2. The second kappa shape index (κ2) is 9.51. The van der Waals surface area contributed by atoms with Gasteiger partial charge in [0.2, 0.25) is 18.0 Å². The summed E-state index contributed by atoms with van der Waals surface area (Å²) in [6.07, 6.45) is 5.47. The molecule has 2 atom stereocenters. The lowest BCUT2D eigenvalue weighted by molar-refractivity contribution is -0.416. The normalized spacial score (nSPS) is 20.1. The SMILES string of the molecule is CNC1=C(C(=O)N(C=O)CC2=CC(C)=[N+]2[O-])N([C@@H](C)C(=O)NC2=CSC(c3cn[nH]c3)N2)CN1. The van der Waals surface area contributed by atoms with Gasteiger partial charge in [0.05, 0.1) is 18.9 Å². The van der Waals surface area contributed by atoms with Crippen LogP contribution in [-0.4, -0.2) is 75.0 Å². The number of amides is 3. The fourth-order valence-corrected chi connectivity index (χ4v) is 4.57. The Bertz CT molecular complexity index is 1130. The van der Waals surface area contributed by atoms with Crippen molar-refractivity contribution >= 4 is 35.7 Å². The zero-order chi connectivity index (χ0) is 24.4. The van der Waals surface area contributed by atoms with Crippen LogP contribution in [0.1, 0.15) is 24.8 Å². The van der Waals surface area contributed by atoms with E-state index in [9.17, 15) is 19.6 Å². The number of carbonyl (C=O) groups excluding carboxylic acids is 3. The highest BCUT2D eigenvalue weighted by molar-refractivity contribution is 8.02. The lowest BCUT2D eigenvalue weighted by atomic mass is 10.2. The summed E-state index contributed by atoms with van der Waals surface area (Å²) in [5.74, 6) is -0.0438. The fourth-order valence-electron chi connectivity index (χ4n) is 3.69. The van der Waals surface area contributed by atoms with E-state index in [1.807, 2.05) is 0 Å². The van der Waals surface area contributed by atoms with Crippen LogP contribution in [-0.2, 0) is 14.4 Å². The van der Waals surface area contributed by atoms with Crippen LogP contribution in [0.2, 0.25) is 0 Å². The van der Waals surface area contributed by atoms with Crippen molar-refractivity contribution in [1.82, 2.24) is 41.3 Å². The van der Waals surface area contributed by atoms with Crippen molar-refractivity contribution in [3.8, 4) is 0 Å². The number of carbonyl (C=O) groups is 3. The number of nitrogens with zero attached hydrogens (tertiary/aromatic N) is 4. The summed E-state index contributed by atoms with van der Waals surface area (Å²) >= 11 is 1.49. The third-order valence-electron chi connectivity index (χ3n) is 5.62. The molecule has 0 fully saturated rings. The molecule has 1 unspecified atom stereocenters. The Labute approximate surface area is 199 Å². The van der Waals surface area contributed by atoms with E-state index in [1.165, 1.54) is 11.8 Å². The lowest BCUT2D eigenvalue weighted by Crippen LogP contribution is -2.48. The molecule has 5 N–H and O–H groups in total. The minimum absolute atomic E-state index is 0.0749. The molecular weight excluding hydrogens is 462 g/mol. The van der Waals surface area contributed by atoms with Gasteiger partial charge in [-0.15, -0.1) is 11.8 Å². The van der Waals surface area contributed by atoms with Gasteiger partial charge in [-0.3, -0.25) is 24.4 Å². The molecule has 4 heterocycles. The first-order valence-corrected chi connectivity index (χ1v) is 11.4. The van der Waals surface area contributed by atoms with Gasteiger partial charge in [0, 0.05) is 31.1 Å². The maximum absolute atomic E-state index is 13.3. The van der Waals surface area contributed by atoms with Crippen LogP contribution in [0.3, 0.4) is 0 Å². The number of rotatable bonds is 9. The molecule has 14 heteroatoms. The molecule has 0 saturated heterocycles. The highest BCUT2D eigenvalue weighted by Crippen LogP contribution is 2.32. The van der Waals surface area contributed by atoms with Crippen LogP contribution in [0.4, 0.5) is 0 Å². The van der Waals surface area contributed by atoms with E-state index in [-0.39, 0.29) is 30.2 Å². The average Bonchev–Trinajstić information content (AvgIpc) is 3.60. The summed E-state index contributed by atoms with van der Waals surface area (Å²) in [4.78, 5) is 40.4. The Morgan fingerprint density at radius 3 is 2.91 bits per heavy atom. The molecule has 0 spiro atoms. The van der Waals surface area contributed by atoms with Gasteiger partial charge >= 0.3 is 0 Å². The molecule has 1 aromatic heterocycles. The highest BCUT2D eigenvalue weighted by Gasteiger charge is 2.38. The summed E-state index contributed by atoms with van der Waals surface area (Å²) in [5.41, 5.74) is 1.88. The summed E-state index contributed by atoms with van der Waals surface area (Å²) in [6, 6.07) is -0.749. The number of H-pyrrole nitrogens is 1. The van der Waals surface area contributed by atoms with E-state index >= 15 is 0 Å². The van der Waals surface area contributed by atoms with Crippen molar-refractivity contribution in [3.63, 3.8) is 0 Å². The van der Waals surface area contributed by atoms with Gasteiger partial charge in [-0.05, 0) is 6.92 Å². The zero-order valence-electron chi connectivity index (χ0n) is 18.8. The van der Waals surface area contributed by atoms with Gasteiger partial charge in [-0.1, -0.05) is 0 Å². The molecule has 34 heavy (non-hydrogen) atoms. The molecule has 3 aliphatic heterocycles. The second-order valence-corrected chi connectivity index (χ2v) is 8.76. The minimum atomic E-state index is -0.749. The number of hydrogen-bond acceptors (Lipinski definition) is 10. The fraction of sp³-hybridized carbons (Fsp3) is 0.350. The predicted molar refractivity (Wildman–Crippen MR) is 124 cm³/mol. The monoisotopic (exact) mass is 487 g/mol. The van der Waals surface area contributed by atoms with E-state index in [4.69, 9.17) is 0 Å². The van der Waals surface area contributed by atoms with E-state index in [0.29, 0.717) is 34.2 Å². The van der Waals surface area contributed by atoms with Crippen molar-refractivity contribution in [3.05, 3.63) is 57.7 Å². The Balaban J connectivity index is 1.43. The van der Waals surface area contributed by atoms with Gasteiger partial charge in [0.1, 0.15) is 35.3 Å². The molecule has 3 amide bonds. The summed E-state index contributed by atoms with van der Waals surface area (Å²) in [5, 5.41) is 32.2. The summed E-state index contributed by atoms with van der Waals surface area (Å²) in [6.45, 7) is 3.32.